The number of phenolic OH excluding ortho intramolecular Hbond substituents is 1. The van der Waals surface area contributed by atoms with Crippen molar-refractivity contribution in [2.75, 3.05) is 0 Å². The van der Waals surface area contributed by atoms with Crippen molar-refractivity contribution < 1.29 is 9.90 Å². The van der Waals surface area contributed by atoms with Crippen LogP contribution in [0.25, 0.3) is 10.9 Å². The van der Waals surface area contributed by atoms with Gasteiger partial charge in [-0.05, 0) is 37.3 Å². The normalized spacial score (nSPS) is 10.7. The van der Waals surface area contributed by atoms with Gasteiger partial charge in [-0.15, -0.1) is 0 Å². The molecule has 0 aliphatic carbocycles. The molecule has 0 spiro atoms. The highest BCUT2D eigenvalue weighted by molar-refractivity contribution is 5.80. The zero-order valence-electron chi connectivity index (χ0n) is 12.9. The second kappa shape index (κ2) is 6.45. The minimum absolute atomic E-state index is 0.0242. The first-order valence-corrected chi connectivity index (χ1v) is 7.28. The van der Waals surface area contributed by atoms with E-state index in [2.05, 4.69) is 20.5 Å². The third-order valence-corrected chi connectivity index (χ3v) is 3.52. The summed E-state index contributed by atoms with van der Waals surface area (Å²) in [5.74, 6) is 0.0592. The number of phenols is 1. The fraction of sp³-hybridized carbons (Fsp3) is 0.188. The van der Waals surface area contributed by atoms with Gasteiger partial charge in [-0.1, -0.05) is 0 Å². The Bertz CT molecular complexity index is 953. The minimum Gasteiger partial charge on any atom is -0.508 e. The van der Waals surface area contributed by atoms with Crippen molar-refractivity contribution >= 4 is 16.8 Å². The van der Waals surface area contributed by atoms with E-state index in [4.69, 9.17) is 0 Å². The monoisotopic (exact) mass is 325 g/mol. The lowest BCUT2D eigenvalue weighted by molar-refractivity contribution is -0.121. The standard InChI is InChI=1S/C16H15N5O3/c1-10-19-14-5-4-12(22)7-13(14)16(24)21(10)9-15(23)17-8-11-3-2-6-18-20-11/h2-7,22H,8-9H2,1H3,(H,17,23). The molecule has 3 aromatic rings. The summed E-state index contributed by atoms with van der Waals surface area (Å²) >= 11 is 0. The van der Waals surface area contributed by atoms with Crippen LogP contribution in [0.5, 0.6) is 5.75 Å². The Hall–Kier alpha value is -3.29. The first kappa shape index (κ1) is 15.6. The molecule has 0 bridgehead atoms. The van der Waals surface area contributed by atoms with Crippen LogP contribution in [0.1, 0.15) is 11.5 Å². The lowest BCUT2D eigenvalue weighted by Crippen LogP contribution is -2.33. The van der Waals surface area contributed by atoms with E-state index < -0.39 is 0 Å². The van der Waals surface area contributed by atoms with Gasteiger partial charge in [-0.25, -0.2) is 4.98 Å². The molecule has 0 atom stereocenters. The first-order chi connectivity index (χ1) is 11.5. The Kier molecular flexibility index (Phi) is 4.19. The second-order valence-corrected chi connectivity index (χ2v) is 5.24. The van der Waals surface area contributed by atoms with Crippen LogP contribution in [0.15, 0.2) is 41.3 Å². The van der Waals surface area contributed by atoms with E-state index in [1.54, 1.807) is 31.3 Å². The molecule has 2 aromatic heterocycles. The van der Waals surface area contributed by atoms with E-state index in [1.165, 1.54) is 16.7 Å². The highest BCUT2D eigenvalue weighted by atomic mass is 16.3. The van der Waals surface area contributed by atoms with Gasteiger partial charge in [0.1, 0.15) is 18.1 Å². The maximum atomic E-state index is 12.5. The number of benzene rings is 1. The number of aromatic nitrogens is 4. The maximum Gasteiger partial charge on any atom is 0.261 e. The molecule has 0 fully saturated rings. The van der Waals surface area contributed by atoms with Crippen LogP contribution in [0, 0.1) is 6.92 Å². The Morgan fingerprint density at radius 2 is 2.17 bits per heavy atom. The second-order valence-electron chi connectivity index (χ2n) is 5.24. The van der Waals surface area contributed by atoms with Gasteiger partial charge >= 0.3 is 0 Å². The number of nitrogens with zero attached hydrogens (tertiary/aromatic N) is 4. The molecule has 0 saturated carbocycles. The summed E-state index contributed by atoms with van der Waals surface area (Å²) in [6.07, 6.45) is 1.55. The van der Waals surface area contributed by atoms with Crippen LogP contribution in [0.2, 0.25) is 0 Å². The first-order valence-electron chi connectivity index (χ1n) is 7.28. The zero-order chi connectivity index (χ0) is 17.1. The van der Waals surface area contributed by atoms with Gasteiger partial charge in [0.05, 0.1) is 23.1 Å². The van der Waals surface area contributed by atoms with Crippen molar-refractivity contribution in [1.82, 2.24) is 25.1 Å². The smallest absolute Gasteiger partial charge is 0.261 e. The van der Waals surface area contributed by atoms with Crippen molar-refractivity contribution in [2.24, 2.45) is 0 Å². The third kappa shape index (κ3) is 3.22. The number of amides is 1. The fourth-order valence-electron chi connectivity index (χ4n) is 2.32. The van der Waals surface area contributed by atoms with Gasteiger partial charge < -0.3 is 10.4 Å². The lowest BCUT2D eigenvalue weighted by Gasteiger charge is -2.11. The quantitative estimate of drug-likeness (QED) is 0.723. The van der Waals surface area contributed by atoms with Gasteiger partial charge in [-0.2, -0.15) is 10.2 Å². The SMILES string of the molecule is Cc1nc2ccc(O)cc2c(=O)n1CC(=O)NCc1cccnn1. The summed E-state index contributed by atoms with van der Waals surface area (Å²) in [6.45, 7) is 1.72. The van der Waals surface area contributed by atoms with Crippen molar-refractivity contribution in [1.29, 1.82) is 0 Å². The number of aromatic hydroxyl groups is 1. The van der Waals surface area contributed by atoms with E-state index in [-0.39, 0.29) is 35.7 Å². The van der Waals surface area contributed by atoms with Gasteiger partial charge in [0.25, 0.3) is 5.56 Å². The summed E-state index contributed by atoms with van der Waals surface area (Å²) in [5, 5.41) is 20.1. The Labute approximate surface area is 136 Å². The predicted molar refractivity (Wildman–Crippen MR) is 86.3 cm³/mol. The summed E-state index contributed by atoms with van der Waals surface area (Å²) in [5.41, 5.74) is 0.728. The number of hydrogen-bond acceptors (Lipinski definition) is 6. The van der Waals surface area contributed by atoms with Gasteiger partial charge in [0, 0.05) is 6.20 Å². The summed E-state index contributed by atoms with van der Waals surface area (Å²) in [7, 11) is 0. The molecule has 0 radical (unpaired) electrons. The molecular formula is C16H15N5O3. The van der Waals surface area contributed by atoms with Crippen molar-refractivity contribution in [3.63, 3.8) is 0 Å². The molecule has 1 amide bonds. The lowest BCUT2D eigenvalue weighted by atomic mass is 10.2. The fourth-order valence-corrected chi connectivity index (χ4v) is 2.32. The number of nitrogens with one attached hydrogen (secondary N) is 1. The molecule has 8 heteroatoms. The van der Waals surface area contributed by atoms with E-state index in [9.17, 15) is 14.7 Å². The average molecular weight is 325 g/mol. The Morgan fingerprint density at radius 1 is 1.33 bits per heavy atom. The van der Waals surface area contributed by atoms with Crippen LogP contribution in [0.3, 0.4) is 0 Å². The molecule has 3 rings (SSSR count). The molecule has 122 valence electrons. The van der Waals surface area contributed by atoms with Crippen LogP contribution < -0.4 is 10.9 Å². The number of hydrogen-bond donors (Lipinski definition) is 2. The minimum atomic E-state index is -0.372. The Morgan fingerprint density at radius 3 is 2.92 bits per heavy atom. The molecule has 0 unspecified atom stereocenters. The summed E-state index contributed by atoms with van der Waals surface area (Å²) in [6, 6.07) is 7.84. The highest BCUT2D eigenvalue weighted by Crippen LogP contribution is 2.15. The van der Waals surface area contributed by atoms with Crippen LogP contribution >= 0.6 is 0 Å². The van der Waals surface area contributed by atoms with Crippen LogP contribution in [0.4, 0.5) is 0 Å². The molecule has 0 aliphatic rings. The number of fused-ring (bicyclic) bond motifs is 1. The molecule has 0 saturated heterocycles. The van der Waals surface area contributed by atoms with E-state index in [1.807, 2.05) is 0 Å². The molecule has 8 nitrogen and oxygen atoms in total. The number of aryl methyl sites for hydroxylation is 1. The largest absolute Gasteiger partial charge is 0.508 e. The number of rotatable bonds is 4. The van der Waals surface area contributed by atoms with Gasteiger partial charge in [0.15, 0.2) is 0 Å². The van der Waals surface area contributed by atoms with E-state index >= 15 is 0 Å². The van der Waals surface area contributed by atoms with E-state index in [0.29, 0.717) is 17.0 Å². The summed E-state index contributed by atoms with van der Waals surface area (Å²) < 4.78 is 1.27. The molecule has 2 heterocycles. The Balaban J connectivity index is 1.81. The molecule has 1 aromatic carbocycles. The zero-order valence-corrected chi connectivity index (χ0v) is 12.9. The van der Waals surface area contributed by atoms with Crippen molar-refractivity contribution in [2.45, 2.75) is 20.0 Å². The molecular weight excluding hydrogens is 310 g/mol. The molecule has 2 N–H and O–H groups in total. The number of carbonyl (C=O) groups is 1. The van der Waals surface area contributed by atoms with Crippen molar-refractivity contribution in [3.8, 4) is 5.75 Å². The van der Waals surface area contributed by atoms with Gasteiger partial charge in [-0.3, -0.25) is 14.2 Å². The summed E-state index contributed by atoms with van der Waals surface area (Å²) in [4.78, 5) is 28.9. The van der Waals surface area contributed by atoms with Crippen LogP contribution in [-0.4, -0.2) is 30.8 Å². The topological polar surface area (TPSA) is 110 Å². The highest BCUT2D eigenvalue weighted by Gasteiger charge is 2.12. The maximum absolute atomic E-state index is 12.5. The predicted octanol–water partition coefficient (Wildman–Crippen LogP) is 0.517. The van der Waals surface area contributed by atoms with Gasteiger partial charge in [0.2, 0.25) is 5.91 Å². The molecule has 24 heavy (non-hydrogen) atoms. The molecule has 0 aliphatic heterocycles. The van der Waals surface area contributed by atoms with E-state index in [0.717, 1.165) is 0 Å². The van der Waals surface area contributed by atoms with Crippen molar-refractivity contribution in [3.05, 3.63) is 58.4 Å². The number of carbonyl (C=O) groups excluding carboxylic acids is 1. The third-order valence-electron chi connectivity index (χ3n) is 3.52. The average Bonchev–Trinajstić information content (AvgIpc) is 2.58. The van der Waals surface area contributed by atoms with Crippen LogP contribution in [-0.2, 0) is 17.9 Å².